The second-order valence-electron chi connectivity index (χ2n) is 6.31. The number of piperidine rings is 1. The number of nitrogens with zero attached hydrogens (tertiary/aromatic N) is 1. The van der Waals surface area contributed by atoms with Gasteiger partial charge in [-0.1, -0.05) is 18.2 Å². The number of rotatable bonds is 2. The molecule has 0 aromatic heterocycles. The van der Waals surface area contributed by atoms with Crippen molar-refractivity contribution >= 4 is 11.8 Å². The monoisotopic (exact) mass is 316 g/mol. The highest BCUT2D eigenvalue weighted by atomic mass is 16.7. The molecule has 2 fully saturated rings. The molecule has 1 aromatic carbocycles. The van der Waals surface area contributed by atoms with Crippen molar-refractivity contribution in [2.24, 2.45) is 0 Å². The van der Waals surface area contributed by atoms with Crippen molar-refractivity contribution in [2.45, 2.75) is 31.1 Å². The van der Waals surface area contributed by atoms with Gasteiger partial charge in [0, 0.05) is 31.5 Å². The molecule has 1 spiro atoms. The van der Waals surface area contributed by atoms with Gasteiger partial charge >= 0.3 is 0 Å². The fourth-order valence-corrected chi connectivity index (χ4v) is 3.67. The molecule has 1 unspecified atom stereocenters. The third-order valence-corrected chi connectivity index (χ3v) is 4.96. The van der Waals surface area contributed by atoms with Crippen molar-refractivity contribution in [3.05, 3.63) is 35.4 Å². The highest BCUT2D eigenvalue weighted by Crippen LogP contribution is 2.33. The SMILES string of the molecule is O=C1NC(CC(=O)N2CCC3(CC2)OCCO3)c2ccccc21. The minimum Gasteiger partial charge on any atom is -0.347 e. The summed E-state index contributed by atoms with van der Waals surface area (Å²) in [5.41, 5.74) is 1.59. The number of likely N-dealkylation sites (tertiary alicyclic amines) is 1. The Morgan fingerprint density at radius 2 is 1.91 bits per heavy atom. The van der Waals surface area contributed by atoms with E-state index in [4.69, 9.17) is 9.47 Å². The minimum absolute atomic E-state index is 0.0693. The van der Waals surface area contributed by atoms with Gasteiger partial charge in [-0.15, -0.1) is 0 Å². The number of hydrogen-bond donors (Lipinski definition) is 1. The summed E-state index contributed by atoms with van der Waals surface area (Å²) in [5.74, 6) is -0.492. The van der Waals surface area contributed by atoms with E-state index in [9.17, 15) is 9.59 Å². The maximum Gasteiger partial charge on any atom is 0.252 e. The van der Waals surface area contributed by atoms with Gasteiger partial charge in [0.25, 0.3) is 5.91 Å². The molecule has 3 aliphatic heterocycles. The first-order valence-electron chi connectivity index (χ1n) is 8.12. The quantitative estimate of drug-likeness (QED) is 0.891. The van der Waals surface area contributed by atoms with Crippen LogP contribution in [-0.2, 0) is 14.3 Å². The summed E-state index contributed by atoms with van der Waals surface area (Å²) in [6, 6.07) is 7.23. The Morgan fingerprint density at radius 3 is 2.65 bits per heavy atom. The molecule has 2 saturated heterocycles. The lowest BCUT2D eigenvalue weighted by atomic mass is 10.00. The third-order valence-electron chi connectivity index (χ3n) is 4.96. The topological polar surface area (TPSA) is 67.9 Å². The summed E-state index contributed by atoms with van der Waals surface area (Å²) < 4.78 is 11.4. The molecular weight excluding hydrogens is 296 g/mol. The molecule has 0 saturated carbocycles. The van der Waals surface area contributed by atoms with Crippen LogP contribution in [0.25, 0.3) is 0 Å². The van der Waals surface area contributed by atoms with Gasteiger partial charge in [-0.3, -0.25) is 9.59 Å². The summed E-state index contributed by atoms with van der Waals surface area (Å²) in [7, 11) is 0. The first-order valence-corrected chi connectivity index (χ1v) is 8.12. The van der Waals surface area contributed by atoms with Crippen LogP contribution in [0.1, 0.15) is 41.2 Å². The van der Waals surface area contributed by atoms with Gasteiger partial charge in [0.2, 0.25) is 5.91 Å². The van der Waals surface area contributed by atoms with Crippen molar-refractivity contribution in [1.82, 2.24) is 10.2 Å². The zero-order valence-corrected chi connectivity index (χ0v) is 12.9. The van der Waals surface area contributed by atoms with Gasteiger partial charge < -0.3 is 19.7 Å². The van der Waals surface area contributed by atoms with E-state index in [-0.39, 0.29) is 17.9 Å². The first kappa shape index (κ1) is 14.7. The van der Waals surface area contributed by atoms with E-state index in [0.29, 0.717) is 51.1 Å². The smallest absolute Gasteiger partial charge is 0.252 e. The molecule has 3 heterocycles. The van der Waals surface area contributed by atoms with Crippen LogP contribution in [0.15, 0.2) is 24.3 Å². The number of ether oxygens (including phenoxy) is 2. The van der Waals surface area contributed by atoms with Gasteiger partial charge in [-0.05, 0) is 11.6 Å². The Bertz CT molecular complexity index is 629. The molecule has 1 atom stereocenters. The van der Waals surface area contributed by atoms with Gasteiger partial charge in [-0.2, -0.15) is 0 Å². The number of hydrogen-bond acceptors (Lipinski definition) is 4. The first-order chi connectivity index (χ1) is 11.2. The molecule has 0 radical (unpaired) electrons. The molecule has 3 aliphatic rings. The fraction of sp³-hybridized carbons (Fsp3) is 0.529. The lowest BCUT2D eigenvalue weighted by Gasteiger charge is -2.37. The van der Waals surface area contributed by atoms with Crippen molar-refractivity contribution in [2.75, 3.05) is 26.3 Å². The summed E-state index contributed by atoms with van der Waals surface area (Å²) in [4.78, 5) is 26.4. The molecule has 1 N–H and O–H groups in total. The standard InChI is InChI=1S/C17H20N2O4/c20-15(19-7-5-17(6-8-19)22-9-10-23-17)11-14-12-3-1-2-4-13(12)16(21)18-14/h1-4,14H,5-11H2,(H,18,21). The average molecular weight is 316 g/mol. The predicted molar refractivity (Wildman–Crippen MR) is 81.7 cm³/mol. The van der Waals surface area contributed by atoms with E-state index < -0.39 is 5.79 Å². The van der Waals surface area contributed by atoms with Crippen LogP contribution in [-0.4, -0.2) is 48.8 Å². The van der Waals surface area contributed by atoms with Gasteiger partial charge in [0.1, 0.15) is 0 Å². The Hall–Kier alpha value is -1.92. The number of carbonyl (C=O) groups is 2. The van der Waals surface area contributed by atoms with E-state index in [0.717, 1.165) is 5.56 Å². The second kappa shape index (κ2) is 5.62. The Balaban J connectivity index is 1.39. The Morgan fingerprint density at radius 1 is 1.22 bits per heavy atom. The van der Waals surface area contributed by atoms with Crippen LogP contribution >= 0.6 is 0 Å². The average Bonchev–Trinajstić information content (AvgIpc) is 3.14. The summed E-state index contributed by atoms with van der Waals surface area (Å²) >= 11 is 0. The number of benzene rings is 1. The van der Waals surface area contributed by atoms with Crippen molar-refractivity contribution in [1.29, 1.82) is 0 Å². The minimum atomic E-state index is -0.467. The van der Waals surface area contributed by atoms with Crippen LogP contribution in [0.2, 0.25) is 0 Å². The maximum absolute atomic E-state index is 12.6. The Labute approximate surface area is 134 Å². The highest BCUT2D eigenvalue weighted by Gasteiger charge is 2.41. The number of amides is 2. The van der Waals surface area contributed by atoms with Crippen LogP contribution in [0.4, 0.5) is 0 Å². The summed E-state index contributed by atoms with van der Waals surface area (Å²) in [6.07, 6.45) is 1.73. The molecule has 4 rings (SSSR count). The van der Waals surface area contributed by atoms with Gasteiger partial charge in [0.05, 0.1) is 25.7 Å². The van der Waals surface area contributed by atoms with E-state index in [1.54, 1.807) is 6.07 Å². The fourth-order valence-electron chi connectivity index (χ4n) is 3.67. The molecule has 0 bridgehead atoms. The number of fused-ring (bicyclic) bond motifs is 1. The molecule has 6 nitrogen and oxygen atoms in total. The van der Waals surface area contributed by atoms with Crippen molar-refractivity contribution < 1.29 is 19.1 Å². The number of carbonyl (C=O) groups excluding carboxylic acids is 2. The normalized spacial score (nSPS) is 25.5. The number of nitrogens with one attached hydrogen (secondary N) is 1. The second-order valence-corrected chi connectivity index (χ2v) is 6.31. The van der Waals surface area contributed by atoms with Crippen LogP contribution < -0.4 is 5.32 Å². The molecule has 122 valence electrons. The molecule has 6 heteroatoms. The predicted octanol–water partition coefficient (Wildman–Crippen LogP) is 1.23. The zero-order valence-electron chi connectivity index (χ0n) is 12.9. The van der Waals surface area contributed by atoms with Crippen LogP contribution in [0.3, 0.4) is 0 Å². The van der Waals surface area contributed by atoms with Crippen LogP contribution in [0.5, 0.6) is 0 Å². The summed E-state index contributed by atoms with van der Waals surface area (Å²) in [5, 5.41) is 2.90. The summed E-state index contributed by atoms with van der Waals surface area (Å²) in [6.45, 7) is 2.56. The van der Waals surface area contributed by atoms with Gasteiger partial charge in [0.15, 0.2) is 5.79 Å². The van der Waals surface area contributed by atoms with E-state index >= 15 is 0 Å². The molecule has 2 amide bonds. The molecular formula is C17H20N2O4. The highest BCUT2D eigenvalue weighted by molar-refractivity contribution is 5.99. The van der Waals surface area contributed by atoms with Crippen molar-refractivity contribution in [3.63, 3.8) is 0 Å². The molecule has 23 heavy (non-hydrogen) atoms. The van der Waals surface area contributed by atoms with E-state index in [2.05, 4.69) is 5.32 Å². The van der Waals surface area contributed by atoms with Crippen molar-refractivity contribution in [3.8, 4) is 0 Å². The van der Waals surface area contributed by atoms with E-state index in [1.807, 2.05) is 23.1 Å². The Kier molecular flexibility index (Phi) is 3.58. The lowest BCUT2D eigenvalue weighted by Crippen LogP contribution is -2.47. The molecule has 1 aromatic rings. The van der Waals surface area contributed by atoms with Gasteiger partial charge in [-0.25, -0.2) is 0 Å². The maximum atomic E-state index is 12.6. The largest absolute Gasteiger partial charge is 0.347 e. The lowest BCUT2D eigenvalue weighted by molar-refractivity contribution is -0.187. The third kappa shape index (κ3) is 2.62. The molecule has 0 aliphatic carbocycles. The van der Waals surface area contributed by atoms with E-state index in [1.165, 1.54) is 0 Å². The van der Waals surface area contributed by atoms with Crippen LogP contribution in [0, 0.1) is 0 Å². The zero-order chi connectivity index (χ0) is 15.9.